The number of hydrogen-bond acceptors (Lipinski definition) is 6. The first kappa shape index (κ1) is 19.2. The summed E-state index contributed by atoms with van der Waals surface area (Å²) < 4.78 is 0. The Morgan fingerprint density at radius 1 is 1.00 bits per heavy atom. The molecule has 1 aliphatic rings. The standard InChI is InChI=1S/C18H19N5O5/c24-18(19-16-3-1-2-4-17(16)23(27)28)13-20-9-11-21(12-10-20)14-5-7-15(8-6-14)22(25)26/h1-8H,9-13H2,(H,19,24)/p+1. The van der Waals surface area contributed by atoms with Gasteiger partial charge in [-0.3, -0.25) is 25.0 Å². The van der Waals surface area contributed by atoms with Crippen LogP contribution in [0.25, 0.3) is 0 Å². The largest absolute Gasteiger partial charge is 0.360 e. The minimum atomic E-state index is -0.522. The zero-order valence-electron chi connectivity index (χ0n) is 15.0. The van der Waals surface area contributed by atoms with E-state index in [0.29, 0.717) is 13.1 Å². The molecule has 1 saturated heterocycles. The Morgan fingerprint density at radius 2 is 1.64 bits per heavy atom. The summed E-state index contributed by atoms with van der Waals surface area (Å²) in [6.45, 7) is 3.10. The van der Waals surface area contributed by atoms with Crippen LogP contribution in [0, 0.1) is 20.2 Å². The number of piperazine rings is 1. The molecule has 2 N–H and O–H groups in total. The van der Waals surface area contributed by atoms with Gasteiger partial charge in [-0.25, -0.2) is 0 Å². The molecule has 28 heavy (non-hydrogen) atoms. The zero-order chi connectivity index (χ0) is 20.1. The lowest BCUT2D eigenvalue weighted by Gasteiger charge is -2.33. The highest BCUT2D eigenvalue weighted by Crippen LogP contribution is 2.23. The topological polar surface area (TPSA) is 123 Å². The predicted molar refractivity (Wildman–Crippen MR) is 103 cm³/mol. The molecule has 0 radical (unpaired) electrons. The van der Waals surface area contributed by atoms with E-state index in [0.717, 1.165) is 23.7 Å². The Hall–Kier alpha value is -3.53. The Balaban J connectivity index is 1.52. The van der Waals surface area contributed by atoms with Gasteiger partial charge >= 0.3 is 0 Å². The number of hydrogen-bond donors (Lipinski definition) is 2. The average molecular weight is 386 g/mol. The molecule has 0 saturated carbocycles. The van der Waals surface area contributed by atoms with Crippen LogP contribution in [0.3, 0.4) is 0 Å². The number of nitro groups is 2. The fraction of sp³-hybridized carbons (Fsp3) is 0.278. The van der Waals surface area contributed by atoms with Gasteiger partial charge in [-0.05, 0) is 18.2 Å². The minimum absolute atomic E-state index is 0.0553. The molecule has 146 valence electrons. The van der Waals surface area contributed by atoms with Crippen molar-refractivity contribution in [1.82, 2.24) is 0 Å². The molecule has 2 aromatic rings. The van der Waals surface area contributed by atoms with E-state index in [4.69, 9.17) is 0 Å². The number of carbonyl (C=O) groups is 1. The monoisotopic (exact) mass is 386 g/mol. The van der Waals surface area contributed by atoms with Crippen LogP contribution in [0.1, 0.15) is 0 Å². The van der Waals surface area contributed by atoms with E-state index in [-0.39, 0.29) is 29.5 Å². The van der Waals surface area contributed by atoms with Crippen molar-refractivity contribution in [2.75, 3.05) is 42.9 Å². The lowest BCUT2D eigenvalue weighted by molar-refractivity contribution is -0.892. The van der Waals surface area contributed by atoms with Gasteiger partial charge < -0.3 is 15.1 Å². The molecule has 2 aromatic carbocycles. The molecule has 10 heteroatoms. The number of amides is 1. The predicted octanol–water partition coefficient (Wildman–Crippen LogP) is 0.847. The molecule has 1 fully saturated rings. The number of nitrogens with zero attached hydrogens (tertiary/aromatic N) is 3. The maximum Gasteiger partial charge on any atom is 0.292 e. The third-order valence-electron chi connectivity index (χ3n) is 4.68. The summed E-state index contributed by atoms with van der Waals surface area (Å²) >= 11 is 0. The fourth-order valence-corrected chi connectivity index (χ4v) is 3.20. The number of rotatable bonds is 6. The van der Waals surface area contributed by atoms with Crippen molar-refractivity contribution in [3.8, 4) is 0 Å². The molecule has 0 aliphatic carbocycles. The lowest BCUT2D eigenvalue weighted by atomic mass is 10.2. The van der Waals surface area contributed by atoms with Crippen LogP contribution in [0.15, 0.2) is 48.5 Å². The quantitative estimate of drug-likeness (QED) is 0.560. The smallest absolute Gasteiger partial charge is 0.292 e. The summed E-state index contributed by atoms with van der Waals surface area (Å²) in [5, 5.41) is 24.4. The molecular weight excluding hydrogens is 366 g/mol. The molecule has 3 rings (SSSR count). The molecule has 0 atom stereocenters. The van der Waals surface area contributed by atoms with Crippen LogP contribution in [0.4, 0.5) is 22.7 Å². The molecule has 10 nitrogen and oxygen atoms in total. The van der Waals surface area contributed by atoms with E-state index >= 15 is 0 Å². The third-order valence-corrected chi connectivity index (χ3v) is 4.68. The second kappa shape index (κ2) is 8.44. The average Bonchev–Trinajstić information content (AvgIpc) is 2.69. The highest BCUT2D eigenvalue weighted by Gasteiger charge is 2.24. The summed E-state index contributed by atoms with van der Waals surface area (Å²) in [4.78, 5) is 36.3. The van der Waals surface area contributed by atoms with Gasteiger partial charge in [-0.1, -0.05) is 12.1 Å². The maximum absolute atomic E-state index is 12.3. The van der Waals surface area contributed by atoms with Gasteiger partial charge in [0, 0.05) is 23.9 Å². The Bertz CT molecular complexity index is 878. The molecule has 0 aromatic heterocycles. The van der Waals surface area contributed by atoms with E-state index in [1.807, 2.05) is 0 Å². The second-order valence-electron chi connectivity index (χ2n) is 6.51. The molecule has 0 bridgehead atoms. The zero-order valence-corrected chi connectivity index (χ0v) is 15.0. The second-order valence-corrected chi connectivity index (χ2v) is 6.51. The normalized spacial score (nSPS) is 14.5. The summed E-state index contributed by atoms with van der Waals surface area (Å²) in [5.41, 5.74) is 1.03. The Labute approximate surface area is 160 Å². The van der Waals surface area contributed by atoms with Crippen LogP contribution in [0.2, 0.25) is 0 Å². The molecule has 1 aliphatic heterocycles. The van der Waals surface area contributed by atoms with E-state index in [1.54, 1.807) is 24.3 Å². The van der Waals surface area contributed by atoms with Crippen LogP contribution >= 0.6 is 0 Å². The van der Waals surface area contributed by atoms with Gasteiger partial charge in [0.25, 0.3) is 17.3 Å². The molecule has 0 unspecified atom stereocenters. The number of quaternary nitrogens is 1. The minimum Gasteiger partial charge on any atom is -0.360 e. The van der Waals surface area contributed by atoms with Crippen molar-refractivity contribution in [3.05, 3.63) is 68.8 Å². The SMILES string of the molecule is O=C(C[NH+]1CCN(c2ccc([N+](=O)[O-])cc2)CC1)Nc1ccccc1[N+](=O)[O-]. The van der Waals surface area contributed by atoms with Gasteiger partial charge in [-0.15, -0.1) is 0 Å². The number of carbonyl (C=O) groups excluding carboxylic acids is 1. The van der Waals surface area contributed by atoms with Crippen molar-refractivity contribution < 1.29 is 19.5 Å². The van der Waals surface area contributed by atoms with E-state index in [1.165, 1.54) is 24.3 Å². The van der Waals surface area contributed by atoms with Crippen molar-refractivity contribution in [2.45, 2.75) is 0 Å². The summed E-state index contributed by atoms with van der Waals surface area (Å²) in [6, 6.07) is 12.5. The van der Waals surface area contributed by atoms with Gasteiger partial charge in [0.2, 0.25) is 0 Å². The number of non-ortho nitro benzene ring substituents is 1. The number of nitrogens with one attached hydrogen (secondary N) is 2. The Kier molecular flexibility index (Phi) is 5.80. The first-order valence-electron chi connectivity index (χ1n) is 8.80. The van der Waals surface area contributed by atoms with Crippen LogP contribution < -0.4 is 15.1 Å². The fourth-order valence-electron chi connectivity index (χ4n) is 3.20. The van der Waals surface area contributed by atoms with Gasteiger partial charge in [0.1, 0.15) is 5.69 Å². The number of para-hydroxylation sites is 2. The van der Waals surface area contributed by atoms with Crippen LogP contribution in [-0.4, -0.2) is 48.5 Å². The van der Waals surface area contributed by atoms with Crippen LogP contribution in [0.5, 0.6) is 0 Å². The van der Waals surface area contributed by atoms with Crippen molar-refractivity contribution in [1.29, 1.82) is 0 Å². The van der Waals surface area contributed by atoms with E-state index < -0.39 is 9.85 Å². The van der Waals surface area contributed by atoms with Gasteiger partial charge in [0.05, 0.1) is 36.0 Å². The number of anilines is 2. The summed E-state index contributed by atoms with van der Waals surface area (Å²) in [7, 11) is 0. The number of benzene rings is 2. The highest BCUT2D eigenvalue weighted by atomic mass is 16.6. The molecular formula is C18H20N5O5+. The number of nitro benzene ring substituents is 2. The Morgan fingerprint density at radius 3 is 2.25 bits per heavy atom. The lowest BCUT2D eigenvalue weighted by Crippen LogP contribution is -3.15. The highest BCUT2D eigenvalue weighted by molar-refractivity contribution is 5.93. The van der Waals surface area contributed by atoms with Crippen LogP contribution in [-0.2, 0) is 4.79 Å². The van der Waals surface area contributed by atoms with Crippen molar-refractivity contribution >= 4 is 28.7 Å². The summed E-state index contributed by atoms with van der Waals surface area (Å²) in [5.74, 6) is -0.270. The third kappa shape index (κ3) is 4.60. The molecule has 1 heterocycles. The first-order chi connectivity index (χ1) is 13.4. The molecule has 0 spiro atoms. The van der Waals surface area contributed by atoms with E-state index in [2.05, 4.69) is 10.2 Å². The van der Waals surface area contributed by atoms with Gasteiger partial charge in [0.15, 0.2) is 6.54 Å². The maximum atomic E-state index is 12.3. The first-order valence-corrected chi connectivity index (χ1v) is 8.80. The van der Waals surface area contributed by atoms with Crippen molar-refractivity contribution in [3.63, 3.8) is 0 Å². The summed E-state index contributed by atoms with van der Waals surface area (Å²) in [6.07, 6.45) is 0. The molecule has 1 amide bonds. The van der Waals surface area contributed by atoms with Crippen molar-refractivity contribution in [2.24, 2.45) is 0 Å². The van der Waals surface area contributed by atoms with E-state index in [9.17, 15) is 25.0 Å². The van der Waals surface area contributed by atoms with Gasteiger partial charge in [-0.2, -0.15) is 0 Å².